The number of ether oxygens (including phenoxy) is 1. The van der Waals surface area contributed by atoms with Crippen LogP contribution in [-0.2, 0) is 6.61 Å². The van der Waals surface area contributed by atoms with Gasteiger partial charge in [-0.15, -0.1) is 0 Å². The molecule has 3 rings (SSSR count). The fraction of sp³-hybridized carbons (Fsp3) is 0.364. The Labute approximate surface area is 160 Å². The summed E-state index contributed by atoms with van der Waals surface area (Å²) in [6.07, 6.45) is 4.61. The maximum absolute atomic E-state index is 5.98. The summed E-state index contributed by atoms with van der Waals surface area (Å²) in [5.74, 6) is 0.977. The van der Waals surface area contributed by atoms with Crippen LogP contribution in [0.4, 0.5) is 0 Å². The van der Waals surface area contributed by atoms with Crippen LogP contribution in [-0.4, -0.2) is 30.9 Å². The maximum Gasteiger partial charge on any atom is 0.127 e. The zero-order valence-corrected chi connectivity index (χ0v) is 17.1. The molecule has 25 heavy (non-hydrogen) atoms. The Morgan fingerprint density at radius 2 is 1.68 bits per heavy atom. The van der Waals surface area contributed by atoms with Crippen LogP contribution >= 0.6 is 15.9 Å². The van der Waals surface area contributed by atoms with Crippen molar-refractivity contribution >= 4 is 21.5 Å². The van der Waals surface area contributed by atoms with E-state index in [-0.39, 0.29) is 0 Å². The lowest BCUT2D eigenvalue weighted by molar-refractivity contribution is 0.307. The maximum atomic E-state index is 5.98. The van der Waals surface area contributed by atoms with Crippen molar-refractivity contribution in [3.63, 3.8) is 0 Å². The van der Waals surface area contributed by atoms with Gasteiger partial charge >= 0.3 is 0 Å². The average molecular weight is 402 g/mol. The van der Waals surface area contributed by atoms with Gasteiger partial charge in [0.05, 0.1) is 0 Å². The third-order valence-corrected chi connectivity index (χ3v) is 4.77. The van der Waals surface area contributed by atoms with Gasteiger partial charge in [0, 0.05) is 17.4 Å². The molecule has 2 aromatic rings. The van der Waals surface area contributed by atoms with Crippen molar-refractivity contribution in [3.05, 3.63) is 71.3 Å². The molecule has 134 valence electrons. The zero-order chi connectivity index (χ0) is 18.1. The van der Waals surface area contributed by atoms with Crippen molar-refractivity contribution in [1.29, 1.82) is 0 Å². The van der Waals surface area contributed by atoms with Gasteiger partial charge in [0.2, 0.25) is 0 Å². The predicted octanol–water partition coefficient (Wildman–Crippen LogP) is 5.75. The van der Waals surface area contributed by atoms with Gasteiger partial charge in [0.1, 0.15) is 12.4 Å². The molecular weight excluding hydrogens is 374 g/mol. The number of alkyl halides is 1. The van der Waals surface area contributed by atoms with E-state index in [2.05, 4.69) is 90.4 Å². The minimum Gasteiger partial charge on any atom is -0.488 e. The van der Waals surface area contributed by atoms with Crippen molar-refractivity contribution in [2.75, 3.05) is 26.0 Å². The predicted molar refractivity (Wildman–Crippen MR) is 112 cm³/mol. The Bertz CT molecular complexity index is 642. The second-order valence-corrected chi connectivity index (χ2v) is 7.13. The molecule has 0 amide bonds. The van der Waals surface area contributed by atoms with Crippen LogP contribution in [0.1, 0.15) is 36.5 Å². The third-order valence-electron chi connectivity index (χ3n) is 3.98. The first-order valence-corrected chi connectivity index (χ1v) is 10.0. The van der Waals surface area contributed by atoms with Crippen LogP contribution in [0, 0.1) is 0 Å². The molecule has 0 aliphatic carbocycles. The summed E-state index contributed by atoms with van der Waals surface area (Å²) in [6.45, 7) is 3.82. The molecule has 0 N–H and O–H groups in total. The standard InChI is InChI=1S/C19H21NO.C3H7Br/c1-20(2)13-7-11-17-16-9-4-3-8-15(16)14-21-19-12-6-5-10-18(17)19;1-2-3-4/h3-6,8-12H,7,13-14H2,1-2H3;2-3H2,1H3. The van der Waals surface area contributed by atoms with E-state index < -0.39 is 0 Å². The fourth-order valence-electron chi connectivity index (χ4n) is 2.71. The van der Waals surface area contributed by atoms with E-state index in [1.54, 1.807) is 0 Å². The van der Waals surface area contributed by atoms with Crippen molar-refractivity contribution in [2.45, 2.75) is 26.4 Å². The summed E-state index contributed by atoms with van der Waals surface area (Å²) in [7, 11) is 4.22. The lowest BCUT2D eigenvalue weighted by Gasteiger charge is -2.12. The van der Waals surface area contributed by atoms with E-state index in [1.165, 1.54) is 28.7 Å². The molecule has 0 unspecified atom stereocenters. The highest BCUT2D eigenvalue weighted by Crippen LogP contribution is 2.36. The Morgan fingerprint density at radius 1 is 1.04 bits per heavy atom. The lowest BCUT2D eigenvalue weighted by atomic mass is 9.93. The van der Waals surface area contributed by atoms with Gasteiger partial charge < -0.3 is 9.64 Å². The van der Waals surface area contributed by atoms with E-state index in [9.17, 15) is 0 Å². The number of para-hydroxylation sites is 1. The Balaban J connectivity index is 0.000000511. The number of nitrogens with zero attached hydrogens (tertiary/aromatic N) is 1. The molecule has 2 aromatic carbocycles. The molecule has 0 atom stereocenters. The second kappa shape index (κ2) is 10.4. The number of benzene rings is 2. The molecule has 0 radical (unpaired) electrons. The largest absolute Gasteiger partial charge is 0.488 e. The second-order valence-electron chi connectivity index (χ2n) is 6.34. The van der Waals surface area contributed by atoms with Crippen LogP contribution in [0.2, 0.25) is 0 Å². The number of halogens is 1. The van der Waals surface area contributed by atoms with Crippen LogP contribution in [0.25, 0.3) is 5.57 Å². The third kappa shape index (κ3) is 5.72. The highest BCUT2D eigenvalue weighted by atomic mass is 79.9. The number of rotatable bonds is 4. The summed E-state index contributed by atoms with van der Waals surface area (Å²) < 4.78 is 5.98. The monoisotopic (exact) mass is 401 g/mol. The molecule has 0 saturated carbocycles. The van der Waals surface area contributed by atoms with E-state index in [4.69, 9.17) is 4.74 Å². The SMILES string of the molecule is CCCBr.CN(C)CCC=C1c2ccccc2COc2ccccc21. The van der Waals surface area contributed by atoms with Crippen molar-refractivity contribution in [1.82, 2.24) is 4.90 Å². The van der Waals surface area contributed by atoms with E-state index >= 15 is 0 Å². The molecule has 3 heteroatoms. The number of fused-ring (bicyclic) bond motifs is 2. The Kier molecular flexibility index (Phi) is 8.23. The van der Waals surface area contributed by atoms with E-state index in [0.717, 1.165) is 24.0 Å². The fourth-order valence-corrected chi connectivity index (χ4v) is 2.71. The number of hydrogen-bond donors (Lipinski definition) is 0. The average Bonchev–Trinajstić information content (AvgIpc) is 2.79. The Morgan fingerprint density at radius 3 is 2.36 bits per heavy atom. The normalized spacial score (nSPS) is 14.0. The minimum absolute atomic E-state index is 0.637. The van der Waals surface area contributed by atoms with Crippen molar-refractivity contribution in [2.24, 2.45) is 0 Å². The van der Waals surface area contributed by atoms with Gasteiger partial charge in [-0.25, -0.2) is 0 Å². The minimum atomic E-state index is 0.637. The molecule has 2 nitrogen and oxygen atoms in total. The van der Waals surface area contributed by atoms with Crippen LogP contribution in [0.5, 0.6) is 5.75 Å². The molecule has 0 spiro atoms. The first-order valence-electron chi connectivity index (χ1n) is 8.88. The molecule has 0 fully saturated rings. The first kappa shape index (κ1) is 19.7. The molecule has 1 heterocycles. The topological polar surface area (TPSA) is 12.5 Å². The van der Waals surface area contributed by atoms with Crippen molar-refractivity contribution < 1.29 is 4.74 Å². The molecule has 1 aliphatic rings. The first-order chi connectivity index (χ1) is 12.2. The van der Waals surface area contributed by atoms with Gasteiger partial charge in [0.15, 0.2) is 0 Å². The summed E-state index contributed by atoms with van der Waals surface area (Å²) in [4.78, 5) is 2.21. The zero-order valence-electron chi connectivity index (χ0n) is 15.5. The molecular formula is C22H28BrNO. The van der Waals surface area contributed by atoms with Crippen LogP contribution in [0.3, 0.4) is 0 Å². The van der Waals surface area contributed by atoms with E-state index in [0.29, 0.717) is 6.61 Å². The van der Waals surface area contributed by atoms with Crippen molar-refractivity contribution in [3.8, 4) is 5.75 Å². The molecule has 0 bridgehead atoms. The highest BCUT2D eigenvalue weighted by Gasteiger charge is 2.17. The molecule has 0 aromatic heterocycles. The molecule has 1 aliphatic heterocycles. The quantitative estimate of drug-likeness (QED) is 0.604. The van der Waals surface area contributed by atoms with E-state index in [1.807, 2.05) is 6.07 Å². The van der Waals surface area contributed by atoms with Gasteiger partial charge in [0.25, 0.3) is 0 Å². The summed E-state index contributed by atoms with van der Waals surface area (Å²) >= 11 is 3.25. The summed E-state index contributed by atoms with van der Waals surface area (Å²) in [6, 6.07) is 16.9. The van der Waals surface area contributed by atoms with Gasteiger partial charge in [-0.05, 0) is 49.7 Å². The number of hydrogen-bond acceptors (Lipinski definition) is 2. The Hall–Kier alpha value is -1.58. The summed E-state index contributed by atoms with van der Waals surface area (Å²) in [5.41, 5.74) is 5.03. The lowest BCUT2D eigenvalue weighted by Crippen LogP contribution is -2.12. The van der Waals surface area contributed by atoms with Gasteiger partial charge in [-0.3, -0.25) is 0 Å². The molecule has 0 saturated heterocycles. The van der Waals surface area contributed by atoms with Gasteiger partial charge in [-0.2, -0.15) is 0 Å². The van der Waals surface area contributed by atoms with Crippen LogP contribution in [0.15, 0.2) is 54.6 Å². The van der Waals surface area contributed by atoms with Gasteiger partial charge in [-0.1, -0.05) is 71.4 Å². The smallest absolute Gasteiger partial charge is 0.127 e. The summed E-state index contributed by atoms with van der Waals surface area (Å²) in [5, 5.41) is 1.13. The van der Waals surface area contributed by atoms with Crippen LogP contribution < -0.4 is 4.74 Å². The highest BCUT2D eigenvalue weighted by molar-refractivity contribution is 9.09.